The highest BCUT2D eigenvalue weighted by Gasteiger charge is 2.13. The summed E-state index contributed by atoms with van der Waals surface area (Å²) < 4.78 is 12.6. The maximum absolute atomic E-state index is 12.1. The number of rotatable bonds is 10. The van der Waals surface area contributed by atoms with E-state index < -0.39 is 0 Å². The summed E-state index contributed by atoms with van der Waals surface area (Å²) >= 11 is 9.44. The van der Waals surface area contributed by atoms with Crippen LogP contribution in [0.25, 0.3) is 0 Å². The Balaban J connectivity index is 1.63. The monoisotopic (exact) mass is 605 g/mol. The Hall–Kier alpha value is -2.74. The molecule has 0 spiro atoms. The van der Waals surface area contributed by atoms with Crippen LogP contribution in [0.5, 0.6) is 11.5 Å². The van der Waals surface area contributed by atoms with Crippen molar-refractivity contribution in [3.8, 4) is 17.6 Å². The van der Waals surface area contributed by atoms with Crippen molar-refractivity contribution in [1.82, 2.24) is 5.43 Å². The van der Waals surface area contributed by atoms with Crippen LogP contribution in [0.15, 0.2) is 70.7 Å². The van der Waals surface area contributed by atoms with E-state index in [0.717, 1.165) is 19.6 Å². The molecule has 0 radical (unpaired) electrons. The van der Waals surface area contributed by atoms with Gasteiger partial charge in [0, 0.05) is 15.5 Å². The minimum absolute atomic E-state index is 0.216. The van der Waals surface area contributed by atoms with Crippen LogP contribution in [0.4, 0.5) is 0 Å². The van der Waals surface area contributed by atoms with Gasteiger partial charge in [0.15, 0.2) is 11.5 Å². The molecule has 9 heteroatoms. The van der Waals surface area contributed by atoms with Gasteiger partial charge in [-0.2, -0.15) is 10.4 Å². The zero-order valence-electron chi connectivity index (χ0n) is 18.3. The molecule has 0 bridgehead atoms. The van der Waals surface area contributed by atoms with E-state index in [2.05, 4.69) is 39.2 Å². The Morgan fingerprint density at radius 3 is 2.71 bits per heavy atom. The number of carbonyl (C=O) groups is 1. The van der Waals surface area contributed by atoms with Crippen molar-refractivity contribution in [2.24, 2.45) is 5.10 Å². The number of thioether (sulfide) groups is 1. The molecule has 0 heterocycles. The summed E-state index contributed by atoms with van der Waals surface area (Å²) in [4.78, 5) is 13.0. The minimum atomic E-state index is -0.216. The third-order valence-electron chi connectivity index (χ3n) is 4.43. The number of benzene rings is 3. The highest BCUT2D eigenvalue weighted by Crippen LogP contribution is 2.34. The molecule has 174 valence electrons. The van der Waals surface area contributed by atoms with Crippen LogP contribution >= 0.6 is 46.0 Å². The lowest BCUT2D eigenvalue weighted by Crippen LogP contribution is -2.19. The fourth-order valence-corrected chi connectivity index (χ4v) is 4.46. The second kappa shape index (κ2) is 13.2. The van der Waals surface area contributed by atoms with Crippen molar-refractivity contribution in [3.05, 3.63) is 85.9 Å². The summed E-state index contributed by atoms with van der Waals surface area (Å²) in [6.45, 7) is 2.59. The van der Waals surface area contributed by atoms with Crippen molar-refractivity contribution in [3.63, 3.8) is 0 Å². The molecule has 0 unspecified atom stereocenters. The summed E-state index contributed by atoms with van der Waals surface area (Å²) in [5, 5.41) is 14.0. The van der Waals surface area contributed by atoms with Gasteiger partial charge < -0.3 is 9.47 Å². The zero-order chi connectivity index (χ0) is 24.3. The number of nitrogens with zero attached hydrogens (tertiary/aromatic N) is 2. The Bertz CT molecular complexity index is 1210. The van der Waals surface area contributed by atoms with Gasteiger partial charge in [-0.05, 0) is 77.5 Å². The van der Waals surface area contributed by atoms with Crippen LogP contribution in [0, 0.1) is 14.9 Å². The largest absolute Gasteiger partial charge is 0.490 e. The van der Waals surface area contributed by atoms with Gasteiger partial charge in [0.25, 0.3) is 0 Å². The van der Waals surface area contributed by atoms with Crippen LogP contribution in [0.3, 0.4) is 0 Å². The predicted octanol–water partition coefficient (Wildman–Crippen LogP) is 6.04. The Labute approximate surface area is 221 Å². The zero-order valence-corrected chi connectivity index (χ0v) is 22.0. The Morgan fingerprint density at radius 1 is 1.21 bits per heavy atom. The second-order valence-corrected chi connectivity index (χ2v) is 9.50. The lowest BCUT2D eigenvalue weighted by molar-refractivity contribution is -0.118. The molecule has 1 amide bonds. The number of ether oxygens (including phenoxy) is 2. The van der Waals surface area contributed by atoms with Crippen LogP contribution in [-0.2, 0) is 11.4 Å². The smallest absolute Gasteiger partial charge is 0.250 e. The molecule has 6 nitrogen and oxygen atoms in total. The molecule has 0 aliphatic heterocycles. The normalized spacial score (nSPS) is 10.6. The van der Waals surface area contributed by atoms with Crippen molar-refractivity contribution >= 4 is 58.1 Å². The van der Waals surface area contributed by atoms with E-state index in [0.29, 0.717) is 28.7 Å². The van der Waals surface area contributed by atoms with Gasteiger partial charge in [-0.25, -0.2) is 5.43 Å². The second-order valence-electron chi connectivity index (χ2n) is 6.86. The molecule has 0 saturated heterocycles. The summed E-state index contributed by atoms with van der Waals surface area (Å²) in [5.74, 6) is 1.18. The van der Waals surface area contributed by atoms with Crippen molar-refractivity contribution in [2.75, 3.05) is 12.4 Å². The molecule has 3 aromatic carbocycles. The molecular formula is C25H21ClIN3O3S. The van der Waals surface area contributed by atoms with E-state index in [1.54, 1.807) is 30.5 Å². The third-order valence-corrected chi connectivity index (χ3v) is 6.49. The standard InChI is InChI=1S/C25H21ClIN3O3S/c1-2-32-23-12-17(14-29-30-24(31)16-34-21-9-7-20(26)8-10-21)11-22(27)25(23)33-15-19-6-4-3-5-18(19)13-28/h3-12,14H,2,15-16H2,1H3,(H,30,31)/b29-14-. The van der Waals surface area contributed by atoms with Gasteiger partial charge in [-0.3, -0.25) is 4.79 Å². The molecular weight excluding hydrogens is 585 g/mol. The summed E-state index contributed by atoms with van der Waals surface area (Å²) in [6, 6.07) is 20.5. The van der Waals surface area contributed by atoms with Crippen molar-refractivity contribution < 1.29 is 14.3 Å². The Kier molecular flexibility index (Phi) is 10.1. The first-order valence-corrected chi connectivity index (χ1v) is 12.7. The Morgan fingerprint density at radius 2 is 1.97 bits per heavy atom. The molecule has 0 atom stereocenters. The molecule has 0 fully saturated rings. The average Bonchev–Trinajstić information content (AvgIpc) is 2.83. The molecule has 3 rings (SSSR count). The fourth-order valence-electron chi connectivity index (χ4n) is 2.86. The number of hydrogen-bond acceptors (Lipinski definition) is 6. The van der Waals surface area contributed by atoms with Gasteiger partial charge in [-0.1, -0.05) is 29.8 Å². The molecule has 0 aliphatic rings. The maximum Gasteiger partial charge on any atom is 0.250 e. The maximum atomic E-state index is 12.1. The lowest BCUT2D eigenvalue weighted by atomic mass is 10.1. The first-order valence-electron chi connectivity index (χ1n) is 10.3. The molecule has 3 aromatic rings. The first kappa shape index (κ1) is 25.9. The highest BCUT2D eigenvalue weighted by molar-refractivity contribution is 14.1. The average molecular weight is 606 g/mol. The molecule has 0 aromatic heterocycles. The molecule has 0 aliphatic carbocycles. The number of nitrogens with one attached hydrogen (secondary N) is 1. The van der Waals surface area contributed by atoms with E-state index >= 15 is 0 Å². The summed E-state index contributed by atoms with van der Waals surface area (Å²) in [5.41, 5.74) is 4.66. The number of amides is 1. The molecule has 34 heavy (non-hydrogen) atoms. The van der Waals surface area contributed by atoms with E-state index in [1.807, 2.05) is 43.3 Å². The predicted molar refractivity (Wildman–Crippen MR) is 144 cm³/mol. The van der Waals surface area contributed by atoms with Crippen LogP contribution in [-0.4, -0.2) is 24.5 Å². The minimum Gasteiger partial charge on any atom is -0.490 e. The van der Waals surface area contributed by atoms with Gasteiger partial charge >= 0.3 is 0 Å². The van der Waals surface area contributed by atoms with Crippen molar-refractivity contribution in [1.29, 1.82) is 5.26 Å². The SMILES string of the molecule is CCOc1cc(/C=N\NC(=O)CSc2ccc(Cl)cc2)cc(I)c1OCc1ccccc1C#N. The van der Waals surface area contributed by atoms with Gasteiger partial charge in [0.2, 0.25) is 5.91 Å². The third kappa shape index (κ3) is 7.65. The molecule has 1 N–H and O–H groups in total. The number of nitriles is 1. The highest BCUT2D eigenvalue weighted by atomic mass is 127. The number of hydrazone groups is 1. The van der Waals surface area contributed by atoms with Crippen molar-refractivity contribution in [2.45, 2.75) is 18.4 Å². The van der Waals surface area contributed by atoms with Crippen LogP contribution < -0.4 is 14.9 Å². The van der Waals surface area contributed by atoms with Gasteiger partial charge in [-0.15, -0.1) is 11.8 Å². The van der Waals surface area contributed by atoms with Crippen LogP contribution in [0.1, 0.15) is 23.6 Å². The lowest BCUT2D eigenvalue weighted by Gasteiger charge is -2.15. The van der Waals surface area contributed by atoms with Crippen LogP contribution in [0.2, 0.25) is 5.02 Å². The van der Waals surface area contributed by atoms with Gasteiger partial charge in [0.1, 0.15) is 6.61 Å². The number of carbonyl (C=O) groups excluding carboxylic acids is 1. The van der Waals surface area contributed by atoms with E-state index in [4.69, 9.17) is 21.1 Å². The summed E-state index contributed by atoms with van der Waals surface area (Å²) in [6.07, 6.45) is 1.56. The topological polar surface area (TPSA) is 83.7 Å². The number of halogens is 2. The van der Waals surface area contributed by atoms with Gasteiger partial charge in [0.05, 0.1) is 33.8 Å². The van der Waals surface area contributed by atoms with E-state index in [1.165, 1.54) is 11.8 Å². The first-order chi connectivity index (χ1) is 16.5. The summed E-state index contributed by atoms with van der Waals surface area (Å²) in [7, 11) is 0. The van der Waals surface area contributed by atoms with E-state index in [-0.39, 0.29) is 18.3 Å². The van der Waals surface area contributed by atoms with E-state index in [9.17, 15) is 10.1 Å². The quantitative estimate of drug-likeness (QED) is 0.132. The molecule has 0 saturated carbocycles. The number of hydrogen-bond donors (Lipinski definition) is 1. The fraction of sp³-hybridized carbons (Fsp3) is 0.160.